The molecule has 1 saturated heterocycles. The number of carbonyl (C=O) groups is 2. The van der Waals surface area contributed by atoms with Crippen molar-refractivity contribution < 1.29 is 24.5 Å². The molecule has 6 nitrogen and oxygen atoms in total. The van der Waals surface area contributed by atoms with Crippen LogP contribution in [-0.2, 0) is 9.53 Å². The fourth-order valence-corrected chi connectivity index (χ4v) is 7.06. The van der Waals surface area contributed by atoms with Gasteiger partial charge in [0.1, 0.15) is 4.88 Å². The second-order valence-electron chi connectivity index (χ2n) is 12.8. The normalized spacial score (nSPS) is 29.8. The summed E-state index contributed by atoms with van der Waals surface area (Å²) in [6.07, 6.45) is 7.88. The number of allylic oxidation sites excluding steroid dienone is 2. The monoisotopic (exact) mass is 541 g/mol. The van der Waals surface area contributed by atoms with Gasteiger partial charge < -0.3 is 19.8 Å². The minimum atomic E-state index is -1.03. The zero-order valence-corrected chi connectivity index (χ0v) is 24.3. The number of thiophene rings is 1. The molecule has 1 unspecified atom stereocenters. The maximum absolute atomic E-state index is 14.2. The van der Waals surface area contributed by atoms with E-state index in [1.165, 1.54) is 5.57 Å². The molecule has 0 radical (unpaired) electrons. The molecule has 7 heteroatoms. The summed E-state index contributed by atoms with van der Waals surface area (Å²) in [7, 11) is 0. The summed E-state index contributed by atoms with van der Waals surface area (Å²) < 4.78 is 5.52. The van der Waals surface area contributed by atoms with Gasteiger partial charge in [-0.3, -0.25) is 4.79 Å². The Labute approximate surface area is 231 Å². The Morgan fingerprint density at radius 3 is 2.53 bits per heavy atom. The van der Waals surface area contributed by atoms with Gasteiger partial charge in [-0.2, -0.15) is 0 Å². The highest BCUT2D eigenvalue weighted by molar-refractivity contribution is 7.15. The molecule has 2 fully saturated rings. The van der Waals surface area contributed by atoms with Crippen molar-refractivity contribution in [3.05, 3.63) is 27.5 Å². The van der Waals surface area contributed by atoms with E-state index < -0.39 is 11.6 Å². The van der Waals surface area contributed by atoms with Crippen molar-refractivity contribution in [3.8, 4) is 11.8 Å². The number of carboxylic acids is 1. The fourth-order valence-electron chi connectivity index (χ4n) is 6.22. The van der Waals surface area contributed by atoms with E-state index in [-0.39, 0.29) is 34.1 Å². The summed E-state index contributed by atoms with van der Waals surface area (Å²) >= 11 is 1.14. The molecule has 2 heterocycles. The van der Waals surface area contributed by atoms with Crippen LogP contribution in [0.4, 0.5) is 5.69 Å². The van der Waals surface area contributed by atoms with E-state index in [1.807, 2.05) is 20.8 Å². The van der Waals surface area contributed by atoms with Gasteiger partial charge >= 0.3 is 5.97 Å². The maximum Gasteiger partial charge on any atom is 0.348 e. The van der Waals surface area contributed by atoms with E-state index >= 15 is 0 Å². The Balaban J connectivity index is 1.66. The number of carbonyl (C=O) groups excluding carboxylic acids is 1. The summed E-state index contributed by atoms with van der Waals surface area (Å²) in [4.78, 5) is 29.2. The van der Waals surface area contributed by atoms with Crippen molar-refractivity contribution in [1.29, 1.82) is 0 Å². The van der Waals surface area contributed by atoms with Gasteiger partial charge in [0.2, 0.25) is 5.91 Å². The highest BCUT2D eigenvalue weighted by atomic mass is 32.1. The lowest BCUT2D eigenvalue weighted by molar-refractivity contribution is -0.125. The molecule has 1 aliphatic heterocycles. The molecule has 1 amide bonds. The van der Waals surface area contributed by atoms with Gasteiger partial charge in [0.15, 0.2) is 0 Å². The van der Waals surface area contributed by atoms with Gasteiger partial charge in [0, 0.05) is 30.6 Å². The molecule has 38 heavy (non-hydrogen) atoms. The van der Waals surface area contributed by atoms with Gasteiger partial charge in [-0.15, -0.1) is 11.3 Å². The second kappa shape index (κ2) is 11.5. The fraction of sp³-hybridized carbons (Fsp3) is 0.677. The van der Waals surface area contributed by atoms with Gasteiger partial charge in [0.05, 0.1) is 16.2 Å². The highest BCUT2D eigenvalue weighted by Crippen LogP contribution is 2.42. The molecule has 1 saturated carbocycles. The number of nitrogens with zero attached hydrogens (tertiary/aromatic N) is 1. The van der Waals surface area contributed by atoms with Crippen LogP contribution >= 0.6 is 11.3 Å². The zero-order valence-electron chi connectivity index (χ0n) is 23.5. The third-order valence-electron chi connectivity index (χ3n) is 8.28. The first-order chi connectivity index (χ1) is 17.8. The first kappa shape index (κ1) is 28.9. The van der Waals surface area contributed by atoms with Crippen molar-refractivity contribution in [2.45, 2.75) is 97.6 Å². The molecule has 1 aromatic rings. The van der Waals surface area contributed by atoms with E-state index in [1.54, 1.807) is 11.0 Å². The number of ether oxygens (including phenoxy) is 1. The molecule has 0 bridgehead atoms. The first-order valence-electron chi connectivity index (χ1n) is 14.0. The Morgan fingerprint density at radius 1 is 1.24 bits per heavy atom. The molecule has 0 aromatic carbocycles. The van der Waals surface area contributed by atoms with Crippen LogP contribution in [0.25, 0.3) is 0 Å². The van der Waals surface area contributed by atoms with Crippen molar-refractivity contribution in [1.82, 2.24) is 0 Å². The van der Waals surface area contributed by atoms with Gasteiger partial charge in [-0.25, -0.2) is 4.79 Å². The summed E-state index contributed by atoms with van der Waals surface area (Å²) in [5, 5.41) is 21.5. The molecular weight excluding hydrogens is 498 g/mol. The Morgan fingerprint density at radius 2 is 1.95 bits per heavy atom. The number of amides is 1. The smallest absolute Gasteiger partial charge is 0.348 e. The number of aromatic carboxylic acids is 1. The van der Waals surface area contributed by atoms with Crippen LogP contribution in [0, 0.1) is 35.0 Å². The largest absolute Gasteiger partial charge is 0.477 e. The number of hydrogen-bond acceptors (Lipinski definition) is 5. The molecule has 2 N–H and O–H groups in total. The van der Waals surface area contributed by atoms with Crippen molar-refractivity contribution in [2.24, 2.45) is 23.2 Å². The number of carboxylic acid groups (broad SMARTS) is 1. The minimum absolute atomic E-state index is 0.00323. The standard InChI is InChI=1S/C31H43NO5S/c1-20-6-7-25(21(2)16-20)28(33)32(23-8-13-31(36,14-9-23)18-22-11-15-37-19-22)26-17-24(10-12-30(3,4)5)38-27(26)29(34)35/h6,17,21-23,25,36H,7-9,11,13-16,18-19H2,1-5H3,(H,34,35)/t21-,22-,23?,25?,31?/m0/s1. The van der Waals surface area contributed by atoms with Crippen molar-refractivity contribution in [3.63, 3.8) is 0 Å². The average molecular weight is 542 g/mol. The third kappa shape index (κ3) is 6.89. The molecular formula is C31H43NO5S. The second-order valence-corrected chi connectivity index (χ2v) is 13.9. The molecule has 4 rings (SSSR count). The lowest BCUT2D eigenvalue weighted by atomic mass is 9.75. The summed E-state index contributed by atoms with van der Waals surface area (Å²) in [5.41, 5.74) is 0.787. The van der Waals surface area contributed by atoms with Crippen molar-refractivity contribution >= 4 is 28.9 Å². The molecule has 2 aliphatic carbocycles. The van der Waals surface area contributed by atoms with Gasteiger partial charge in [0.25, 0.3) is 0 Å². The minimum Gasteiger partial charge on any atom is -0.477 e. The molecule has 0 spiro atoms. The molecule has 208 valence electrons. The Hall–Kier alpha value is -2.14. The van der Waals surface area contributed by atoms with Crippen LogP contribution < -0.4 is 4.90 Å². The van der Waals surface area contributed by atoms with Crippen LogP contribution in [0.2, 0.25) is 0 Å². The topological polar surface area (TPSA) is 87.1 Å². The lowest BCUT2D eigenvalue weighted by Gasteiger charge is -2.43. The van der Waals surface area contributed by atoms with E-state index in [0.29, 0.717) is 55.2 Å². The van der Waals surface area contributed by atoms with Crippen LogP contribution in [0.1, 0.15) is 101 Å². The Kier molecular flexibility index (Phi) is 8.76. The Bertz CT molecular complexity index is 1120. The average Bonchev–Trinajstić information content (AvgIpc) is 3.49. The zero-order chi connectivity index (χ0) is 27.7. The quantitative estimate of drug-likeness (QED) is 0.327. The number of hydrogen-bond donors (Lipinski definition) is 2. The van der Waals surface area contributed by atoms with Crippen molar-refractivity contribution in [2.75, 3.05) is 18.1 Å². The maximum atomic E-state index is 14.2. The van der Waals surface area contributed by atoms with Gasteiger partial charge in [-0.1, -0.05) is 30.4 Å². The number of rotatable bonds is 6. The first-order valence-corrected chi connectivity index (χ1v) is 14.9. The predicted octanol–water partition coefficient (Wildman–Crippen LogP) is 6.27. The summed E-state index contributed by atoms with van der Waals surface area (Å²) in [6, 6.07) is 1.65. The van der Waals surface area contributed by atoms with E-state index in [0.717, 1.165) is 37.2 Å². The van der Waals surface area contributed by atoms with Crippen LogP contribution in [-0.4, -0.2) is 46.9 Å². The SMILES string of the molecule is CC1=CCC(C(=O)N(c2cc(C#CC(C)(C)C)sc2C(=O)O)C2CCC(O)(C[C@@H]3CCOC3)CC2)[C@@H](C)C1. The molecule has 3 atom stereocenters. The summed E-state index contributed by atoms with van der Waals surface area (Å²) in [6.45, 7) is 11.7. The highest BCUT2D eigenvalue weighted by Gasteiger charge is 2.42. The third-order valence-corrected chi connectivity index (χ3v) is 9.30. The van der Waals surface area contributed by atoms with Crippen LogP contribution in [0.5, 0.6) is 0 Å². The predicted molar refractivity (Wildman–Crippen MR) is 151 cm³/mol. The van der Waals surface area contributed by atoms with E-state index in [4.69, 9.17) is 4.74 Å². The summed E-state index contributed by atoms with van der Waals surface area (Å²) in [5.74, 6) is 5.68. The van der Waals surface area contributed by atoms with E-state index in [2.05, 4.69) is 31.8 Å². The molecule has 1 aromatic heterocycles. The number of aliphatic hydroxyl groups is 1. The number of anilines is 1. The lowest BCUT2D eigenvalue weighted by Crippen LogP contribution is -2.50. The molecule has 3 aliphatic rings. The van der Waals surface area contributed by atoms with E-state index in [9.17, 15) is 19.8 Å². The van der Waals surface area contributed by atoms with Gasteiger partial charge in [-0.05, 0) is 97.0 Å². The van der Waals surface area contributed by atoms with Crippen LogP contribution in [0.3, 0.4) is 0 Å². The van der Waals surface area contributed by atoms with Crippen LogP contribution in [0.15, 0.2) is 17.7 Å².